The van der Waals surface area contributed by atoms with Gasteiger partial charge in [0, 0.05) is 23.5 Å². The van der Waals surface area contributed by atoms with E-state index in [1.807, 2.05) is 13.0 Å². The molecule has 2 rings (SSSR count). The van der Waals surface area contributed by atoms with Gasteiger partial charge in [-0.15, -0.1) is 0 Å². The Kier molecular flexibility index (Phi) is 4.85. The van der Waals surface area contributed by atoms with E-state index in [2.05, 4.69) is 0 Å². The van der Waals surface area contributed by atoms with Gasteiger partial charge in [-0.05, 0) is 30.9 Å². The number of aryl methyl sites for hydroxylation is 1. The molecule has 1 unspecified atom stereocenters. The summed E-state index contributed by atoms with van der Waals surface area (Å²) in [6.07, 6.45) is 2.03. The van der Waals surface area contributed by atoms with Crippen molar-refractivity contribution in [1.82, 2.24) is 0 Å². The van der Waals surface area contributed by atoms with Gasteiger partial charge in [0.25, 0.3) is 0 Å². The molecule has 0 bridgehead atoms. The van der Waals surface area contributed by atoms with Gasteiger partial charge in [0.1, 0.15) is 6.29 Å². The Morgan fingerprint density at radius 1 is 1.27 bits per heavy atom. The number of fused-ring (bicyclic) bond motifs is 1. The maximum Gasteiger partial charge on any atom is 0.220 e. The molecule has 5 nitrogen and oxygen atoms in total. The van der Waals surface area contributed by atoms with Gasteiger partial charge < -0.3 is 10.5 Å². The van der Waals surface area contributed by atoms with Crippen LogP contribution in [-0.4, -0.2) is 23.8 Å². The first-order valence-corrected chi connectivity index (χ1v) is 7.43. The van der Waals surface area contributed by atoms with Crippen molar-refractivity contribution < 1.29 is 19.2 Å². The minimum absolute atomic E-state index is 0.0803. The summed E-state index contributed by atoms with van der Waals surface area (Å²) in [5.74, 6) is -2.56. The molecule has 1 aromatic rings. The number of rotatable bonds is 7. The number of nitrogens with two attached hydrogens (primary N) is 1. The van der Waals surface area contributed by atoms with Crippen molar-refractivity contribution in [2.75, 3.05) is 0 Å². The number of amides is 1. The van der Waals surface area contributed by atoms with E-state index in [0.717, 1.165) is 12.0 Å². The minimum atomic E-state index is -0.855. The minimum Gasteiger partial charge on any atom is -0.369 e. The molecule has 0 spiro atoms. The van der Waals surface area contributed by atoms with Crippen LogP contribution in [-0.2, 0) is 16.0 Å². The highest BCUT2D eigenvalue weighted by molar-refractivity contribution is 6.26. The fourth-order valence-electron chi connectivity index (χ4n) is 2.87. The van der Waals surface area contributed by atoms with E-state index in [-0.39, 0.29) is 30.8 Å². The molecule has 5 heteroatoms. The van der Waals surface area contributed by atoms with Crippen molar-refractivity contribution in [2.24, 2.45) is 17.6 Å². The molecule has 1 aromatic carbocycles. The predicted octanol–water partition coefficient (Wildman–Crippen LogP) is 1.71. The summed E-state index contributed by atoms with van der Waals surface area (Å²) < 4.78 is 0. The van der Waals surface area contributed by atoms with Gasteiger partial charge in [-0.1, -0.05) is 19.1 Å². The molecule has 0 radical (unpaired) electrons. The van der Waals surface area contributed by atoms with Crippen LogP contribution in [0.4, 0.5) is 0 Å². The lowest BCUT2D eigenvalue weighted by Gasteiger charge is -2.14. The summed E-state index contributed by atoms with van der Waals surface area (Å²) in [4.78, 5) is 46.8. The molecule has 1 aliphatic rings. The van der Waals surface area contributed by atoms with E-state index < -0.39 is 17.7 Å². The third-order valence-electron chi connectivity index (χ3n) is 4.21. The van der Waals surface area contributed by atoms with Crippen molar-refractivity contribution in [2.45, 2.75) is 32.6 Å². The van der Waals surface area contributed by atoms with Gasteiger partial charge in [-0.2, -0.15) is 0 Å². The molecule has 116 valence electrons. The quantitative estimate of drug-likeness (QED) is 0.612. The number of carbonyl (C=O) groups excluding carboxylic acids is 4. The zero-order chi connectivity index (χ0) is 16.3. The van der Waals surface area contributed by atoms with Crippen molar-refractivity contribution in [1.29, 1.82) is 0 Å². The Morgan fingerprint density at radius 2 is 1.95 bits per heavy atom. The summed E-state index contributed by atoms with van der Waals surface area (Å²) in [6, 6.07) is 5.27. The lowest BCUT2D eigenvalue weighted by atomic mass is 9.88. The normalized spacial score (nSPS) is 18.1. The topological polar surface area (TPSA) is 94.3 Å². The third kappa shape index (κ3) is 2.98. The van der Waals surface area contributed by atoms with Crippen molar-refractivity contribution in [3.8, 4) is 0 Å². The second kappa shape index (κ2) is 6.64. The average molecular weight is 301 g/mol. The summed E-state index contributed by atoms with van der Waals surface area (Å²) in [7, 11) is 0. The maximum absolute atomic E-state index is 12.5. The number of carbonyl (C=O) groups is 4. The number of primary amides is 1. The Bertz CT molecular complexity index is 636. The molecule has 2 N–H and O–H groups in total. The fraction of sp³-hybridized carbons (Fsp3) is 0.412. The van der Waals surface area contributed by atoms with Crippen molar-refractivity contribution >= 4 is 23.8 Å². The summed E-state index contributed by atoms with van der Waals surface area (Å²) in [6.45, 7) is 1.98. The summed E-state index contributed by atoms with van der Waals surface area (Å²) in [5.41, 5.74) is 7.17. The number of aldehydes is 1. The SMILES string of the molecule is CCc1ccc2c(c1)C(=O)[C@@H](CC(CCC=O)C(N)=O)C2=O. The largest absolute Gasteiger partial charge is 0.369 e. The van der Waals surface area contributed by atoms with Gasteiger partial charge in [0.05, 0.1) is 5.92 Å². The van der Waals surface area contributed by atoms with Gasteiger partial charge >= 0.3 is 0 Å². The number of benzene rings is 1. The van der Waals surface area contributed by atoms with E-state index >= 15 is 0 Å². The maximum atomic E-state index is 12.5. The van der Waals surface area contributed by atoms with Gasteiger partial charge in [0.15, 0.2) is 11.6 Å². The molecule has 1 aliphatic carbocycles. The Morgan fingerprint density at radius 3 is 2.55 bits per heavy atom. The Hall–Kier alpha value is -2.30. The first-order valence-electron chi connectivity index (χ1n) is 7.43. The molecular weight excluding hydrogens is 282 g/mol. The molecule has 0 saturated heterocycles. The number of hydrogen-bond donors (Lipinski definition) is 1. The van der Waals surface area contributed by atoms with Crippen molar-refractivity contribution in [3.05, 3.63) is 34.9 Å². The van der Waals surface area contributed by atoms with E-state index in [1.165, 1.54) is 0 Å². The van der Waals surface area contributed by atoms with Crippen LogP contribution in [0.5, 0.6) is 0 Å². The van der Waals surface area contributed by atoms with E-state index in [9.17, 15) is 19.2 Å². The molecule has 0 saturated carbocycles. The van der Waals surface area contributed by atoms with Gasteiger partial charge in [-0.3, -0.25) is 14.4 Å². The highest BCUT2D eigenvalue weighted by Gasteiger charge is 2.40. The van der Waals surface area contributed by atoms with Crippen LogP contribution in [0.2, 0.25) is 0 Å². The first kappa shape index (κ1) is 16.1. The van der Waals surface area contributed by atoms with E-state index in [4.69, 9.17) is 5.73 Å². The highest BCUT2D eigenvalue weighted by atomic mass is 16.2. The standard InChI is InChI=1S/C17H19NO4/c1-2-10-5-6-12-13(8-10)16(21)14(15(12)20)9-11(17(18)22)4-3-7-19/h5-8,11,14H,2-4,9H2,1H3,(H2,18,22)/t11?,14-/m0/s1. The average Bonchev–Trinajstić information content (AvgIpc) is 2.75. The van der Waals surface area contributed by atoms with Crippen LogP contribution in [0.3, 0.4) is 0 Å². The molecule has 2 atom stereocenters. The monoisotopic (exact) mass is 301 g/mol. The highest BCUT2D eigenvalue weighted by Crippen LogP contribution is 2.32. The number of hydrogen-bond acceptors (Lipinski definition) is 4. The molecule has 0 aromatic heterocycles. The predicted molar refractivity (Wildman–Crippen MR) is 80.6 cm³/mol. The number of ketones is 2. The van der Waals surface area contributed by atoms with Crippen LogP contribution in [0.25, 0.3) is 0 Å². The second-order valence-corrected chi connectivity index (χ2v) is 5.59. The second-order valence-electron chi connectivity index (χ2n) is 5.59. The van der Waals surface area contributed by atoms with Crippen LogP contribution >= 0.6 is 0 Å². The zero-order valence-electron chi connectivity index (χ0n) is 12.5. The molecule has 0 aliphatic heterocycles. The van der Waals surface area contributed by atoms with Crippen LogP contribution in [0, 0.1) is 11.8 Å². The van der Waals surface area contributed by atoms with Crippen molar-refractivity contribution in [3.63, 3.8) is 0 Å². The van der Waals surface area contributed by atoms with Crippen LogP contribution < -0.4 is 5.73 Å². The lowest BCUT2D eigenvalue weighted by Crippen LogP contribution is -2.29. The van der Waals surface area contributed by atoms with E-state index in [1.54, 1.807) is 12.1 Å². The zero-order valence-corrected chi connectivity index (χ0v) is 12.5. The lowest BCUT2D eigenvalue weighted by molar-refractivity contribution is -0.122. The van der Waals surface area contributed by atoms with Gasteiger partial charge in [-0.25, -0.2) is 0 Å². The summed E-state index contributed by atoms with van der Waals surface area (Å²) >= 11 is 0. The van der Waals surface area contributed by atoms with E-state index in [0.29, 0.717) is 17.4 Å². The first-order chi connectivity index (χ1) is 10.5. The van der Waals surface area contributed by atoms with Gasteiger partial charge in [0.2, 0.25) is 5.91 Å². The number of Topliss-reactive ketones (excluding diaryl/α,β-unsaturated/α-hetero) is 2. The molecule has 1 amide bonds. The fourth-order valence-corrected chi connectivity index (χ4v) is 2.87. The van der Waals surface area contributed by atoms with Crippen LogP contribution in [0.1, 0.15) is 52.5 Å². The Labute approximate surface area is 128 Å². The smallest absolute Gasteiger partial charge is 0.220 e. The third-order valence-corrected chi connectivity index (χ3v) is 4.21. The molecule has 0 fully saturated rings. The summed E-state index contributed by atoms with van der Waals surface area (Å²) in [5, 5.41) is 0. The molecule has 0 heterocycles. The van der Waals surface area contributed by atoms with Crippen LogP contribution in [0.15, 0.2) is 18.2 Å². The molecule has 22 heavy (non-hydrogen) atoms. The molecular formula is C17H19NO4. The Balaban J connectivity index is 2.23.